The van der Waals surface area contributed by atoms with Gasteiger partial charge in [-0.15, -0.1) is 11.6 Å². The number of anilines is 1. The van der Waals surface area contributed by atoms with Gasteiger partial charge in [-0.25, -0.2) is 0 Å². The third kappa shape index (κ3) is 3.90. The molecule has 0 aliphatic carbocycles. The van der Waals surface area contributed by atoms with Crippen molar-refractivity contribution in [2.24, 2.45) is 0 Å². The van der Waals surface area contributed by atoms with Gasteiger partial charge in [0.2, 0.25) is 5.91 Å². The lowest BCUT2D eigenvalue weighted by Gasteiger charge is -2.13. The fraction of sp³-hybridized carbons (Fsp3) is 0.188. The highest BCUT2D eigenvalue weighted by Gasteiger charge is 2.18. The van der Waals surface area contributed by atoms with Crippen LogP contribution < -0.4 is 10.1 Å². The Morgan fingerprint density at radius 3 is 2.48 bits per heavy atom. The predicted octanol–water partition coefficient (Wildman–Crippen LogP) is 4.58. The summed E-state index contributed by atoms with van der Waals surface area (Å²) in [6, 6.07) is 12.5. The normalized spacial score (nSPS) is 11.8. The van der Waals surface area contributed by atoms with Crippen LogP contribution in [0.1, 0.15) is 16.5 Å². The van der Waals surface area contributed by atoms with Gasteiger partial charge in [0.25, 0.3) is 0 Å². The molecule has 0 aliphatic rings. The van der Waals surface area contributed by atoms with Gasteiger partial charge >= 0.3 is 0 Å². The Morgan fingerprint density at radius 1 is 1.19 bits per heavy atom. The minimum Gasteiger partial charge on any atom is -0.497 e. The summed E-state index contributed by atoms with van der Waals surface area (Å²) in [6.07, 6.45) is 0. The lowest BCUT2D eigenvalue weighted by Crippen LogP contribution is -2.17. The van der Waals surface area contributed by atoms with Crippen LogP contribution in [0.5, 0.6) is 5.75 Å². The van der Waals surface area contributed by atoms with Gasteiger partial charge in [0.1, 0.15) is 11.1 Å². The van der Waals surface area contributed by atoms with E-state index in [-0.39, 0.29) is 5.91 Å². The second kappa shape index (κ2) is 6.83. The number of hydrogen-bond donors (Lipinski definition) is 1. The fourth-order valence-electron chi connectivity index (χ4n) is 1.86. The minimum absolute atomic E-state index is 0.325. The van der Waals surface area contributed by atoms with E-state index in [9.17, 15) is 4.79 Å². The van der Waals surface area contributed by atoms with E-state index in [4.69, 9.17) is 27.9 Å². The summed E-state index contributed by atoms with van der Waals surface area (Å²) in [4.78, 5) is 12.2. The number of rotatable bonds is 4. The maximum atomic E-state index is 12.2. The van der Waals surface area contributed by atoms with Crippen molar-refractivity contribution in [2.45, 2.75) is 12.3 Å². The van der Waals surface area contributed by atoms with Crippen LogP contribution in [0.2, 0.25) is 5.02 Å². The Hall–Kier alpha value is -1.71. The number of amides is 1. The zero-order valence-corrected chi connectivity index (χ0v) is 13.2. The van der Waals surface area contributed by atoms with Crippen molar-refractivity contribution < 1.29 is 9.53 Å². The molecular weight excluding hydrogens is 309 g/mol. The molecule has 21 heavy (non-hydrogen) atoms. The quantitative estimate of drug-likeness (QED) is 0.836. The number of halogens is 2. The Morgan fingerprint density at radius 2 is 1.86 bits per heavy atom. The number of alkyl halides is 1. The molecule has 1 amide bonds. The summed E-state index contributed by atoms with van der Waals surface area (Å²) >= 11 is 12.3. The summed E-state index contributed by atoms with van der Waals surface area (Å²) in [6.45, 7) is 1.92. The van der Waals surface area contributed by atoms with E-state index in [0.717, 1.165) is 5.56 Å². The Balaban J connectivity index is 2.13. The molecule has 2 aromatic carbocycles. The second-order valence-corrected chi connectivity index (χ2v) is 5.45. The van der Waals surface area contributed by atoms with Gasteiger partial charge in [-0.1, -0.05) is 29.8 Å². The molecule has 3 nitrogen and oxygen atoms in total. The molecule has 5 heteroatoms. The Bertz CT molecular complexity index is 641. The highest BCUT2D eigenvalue weighted by Crippen LogP contribution is 2.27. The lowest BCUT2D eigenvalue weighted by atomic mass is 10.1. The molecule has 0 aromatic heterocycles. The van der Waals surface area contributed by atoms with E-state index < -0.39 is 5.38 Å². The van der Waals surface area contributed by atoms with E-state index in [1.165, 1.54) is 0 Å². The van der Waals surface area contributed by atoms with Gasteiger partial charge < -0.3 is 10.1 Å². The van der Waals surface area contributed by atoms with Crippen molar-refractivity contribution in [1.29, 1.82) is 0 Å². The first-order valence-electron chi connectivity index (χ1n) is 6.36. The van der Waals surface area contributed by atoms with Gasteiger partial charge in [-0.2, -0.15) is 0 Å². The number of aryl methyl sites for hydroxylation is 1. The van der Waals surface area contributed by atoms with Crippen LogP contribution in [0, 0.1) is 6.92 Å². The molecule has 0 saturated carbocycles. The molecule has 1 unspecified atom stereocenters. The number of ether oxygens (including phenoxy) is 1. The molecule has 1 N–H and O–H groups in total. The Labute approximate surface area is 133 Å². The second-order valence-electron chi connectivity index (χ2n) is 4.61. The van der Waals surface area contributed by atoms with Gasteiger partial charge in [-0.05, 0) is 42.3 Å². The molecule has 0 spiro atoms. The topological polar surface area (TPSA) is 38.3 Å². The van der Waals surface area contributed by atoms with Crippen LogP contribution in [0.3, 0.4) is 0 Å². The Kier molecular flexibility index (Phi) is 5.10. The highest BCUT2D eigenvalue weighted by molar-refractivity contribution is 6.35. The first kappa shape index (κ1) is 15.7. The van der Waals surface area contributed by atoms with Crippen molar-refractivity contribution in [2.75, 3.05) is 12.4 Å². The van der Waals surface area contributed by atoms with Gasteiger partial charge in [0.15, 0.2) is 0 Å². The van der Waals surface area contributed by atoms with E-state index in [0.29, 0.717) is 22.0 Å². The smallest absolute Gasteiger partial charge is 0.247 e. The summed E-state index contributed by atoms with van der Waals surface area (Å²) in [5.74, 6) is 0.388. The van der Waals surface area contributed by atoms with Crippen LogP contribution in [0.25, 0.3) is 0 Å². The summed E-state index contributed by atoms with van der Waals surface area (Å²) < 4.78 is 5.07. The van der Waals surface area contributed by atoms with E-state index >= 15 is 0 Å². The maximum Gasteiger partial charge on any atom is 0.247 e. The van der Waals surface area contributed by atoms with Gasteiger partial charge in [0, 0.05) is 0 Å². The molecule has 0 fully saturated rings. The number of hydrogen-bond acceptors (Lipinski definition) is 2. The van der Waals surface area contributed by atoms with Gasteiger partial charge in [-0.3, -0.25) is 4.79 Å². The molecular formula is C16H15Cl2NO2. The molecule has 0 heterocycles. The number of methoxy groups -OCH3 is 1. The SMILES string of the molecule is COc1ccc(C(Cl)C(=O)Nc2cc(C)ccc2Cl)cc1. The molecule has 0 bridgehead atoms. The van der Waals surface area contributed by atoms with Crippen molar-refractivity contribution >= 4 is 34.8 Å². The third-order valence-electron chi connectivity index (χ3n) is 3.02. The molecule has 0 aliphatic heterocycles. The van der Waals surface area contributed by atoms with E-state index in [2.05, 4.69) is 5.32 Å². The summed E-state index contributed by atoms with van der Waals surface area (Å²) in [5.41, 5.74) is 2.25. The van der Waals surface area contributed by atoms with Crippen molar-refractivity contribution in [3.05, 3.63) is 58.6 Å². The number of carbonyl (C=O) groups is 1. The van der Waals surface area contributed by atoms with Crippen molar-refractivity contribution in [1.82, 2.24) is 0 Å². The first-order chi connectivity index (χ1) is 10.0. The molecule has 0 saturated heterocycles. The zero-order valence-electron chi connectivity index (χ0n) is 11.7. The molecule has 2 rings (SSSR count). The maximum absolute atomic E-state index is 12.2. The standard InChI is InChI=1S/C16H15Cl2NO2/c1-10-3-8-13(17)14(9-10)19-16(20)15(18)11-4-6-12(21-2)7-5-11/h3-9,15H,1-2H3,(H,19,20). The number of carbonyl (C=O) groups excluding carboxylic acids is 1. The van der Waals surface area contributed by atoms with Crippen LogP contribution in [-0.4, -0.2) is 13.0 Å². The van der Waals surface area contributed by atoms with Crippen molar-refractivity contribution in [3.8, 4) is 5.75 Å². The third-order valence-corrected chi connectivity index (χ3v) is 3.80. The monoisotopic (exact) mass is 323 g/mol. The van der Waals surface area contributed by atoms with E-state index in [1.807, 2.05) is 13.0 Å². The van der Waals surface area contributed by atoms with Gasteiger partial charge in [0.05, 0.1) is 17.8 Å². The number of benzene rings is 2. The molecule has 110 valence electrons. The van der Waals surface area contributed by atoms with Crippen molar-refractivity contribution in [3.63, 3.8) is 0 Å². The van der Waals surface area contributed by atoms with Crippen LogP contribution in [-0.2, 0) is 4.79 Å². The average molecular weight is 324 g/mol. The molecule has 2 aromatic rings. The van der Waals surface area contributed by atoms with E-state index in [1.54, 1.807) is 43.5 Å². The van der Waals surface area contributed by atoms with Crippen LogP contribution in [0.15, 0.2) is 42.5 Å². The largest absolute Gasteiger partial charge is 0.497 e. The minimum atomic E-state index is -0.799. The molecule has 1 atom stereocenters. The summed E-state index contributed by atoms with van der Waals surface area (Å²) in [7, 11) is 1.58. The number of nitrogens with one attached hydrogen (secondary N) is 1. The molecule has 0 radical (unpaired) electrons. The van der Waals surface area contributed by atoms with Crippen LogP contribution >= 0.6 is 23.2 Å². The average Bonchev–Trinajstić information content (AvgIpc) is 2.50. The lowest BCUT2D eigenvalue weighted by molar-refractivity contribution is -0.116. The zero-order chi connectivity index (χ0) is 15.4. The predicted molar refractivity (Wildman–Crippen MR) is 86.4 cm³/mol. The fourth-order valence-corrected chi connectivity index (χ4v) is 2.22. The first-order valence-corrected chi connectivity index (χ1v) is 7.17. The summed E-state index contributed by atoms with van der Waals surface area (Å²) in [5, 5.41) is 2.42. The highest BCUT2D eigenvalue weighted by atomic mass is 35.5. The van der Waals surface area contributed by atoms with Crippen LogP contribution in [0.4, 0.5) is 5.69 Å².